The molecule has 4 heteroatoms. The number of hydrogen-bond acceptors (Lipinski definition) is 2. The first-order valence-corrected chi connectivity index (χ1v) is 4.16. The van der Waals surface area contributed by atoms with Gasteiger partial charge in [-0.3, -0.25) is 9.89 Å². The third-order valence-corrected chi connectivity index (χ3v) is 1.95. The minimum atomic E-state index is -0.515. The third kappa shape index (κ3) is 1.37. The van der Waals surface area contributed by atoms with E-state index in [1.165, 1.54) is 11.1 Å². The fraction of sp³-hybridized carbons (Fsp3) is 0. The summed E-state index contributed by atoms with van der Waals surface area (Å²) in [4.78, 5) is 16.5. The molecule has 0 saturated carbocycles. The van der Waals surface area contributed by atoms with Gasteiger partial charge in [0.05, 0.1) is 5.69 Å². The predicted octanol–water partition coefficient (Wildman–Crippen LogP) is 1.48. The van der Waals surface area contributed by atoms with Crippen LogP contribution in [0.1, 0.15) is 5.56 Å². The van der Waals surface area contributed by atoms with Gasteiger partial charge in [0.25, 0.3) is 0 Å². The van der Waals surface area contributed by atoms with Crippen LogP contribution in [0.15, 0.2) is 41.7 Å². The van der Waals surface area contributed by atoms with Crippen LogP contribution in [-0.2, 0) is 0 Å². The number of nitrogens with zero attached hydrogens (tertiary/aromatic N) is 2. The quantitative estimate of drug-likeness (QED) is 0.657. The highest BCUT2D eigenvalue weighted by atomic mass is 16.2. The molecule has 0 spiro atoms. The third-order valence-electron chi connectivity index (χ3n) is 1.95. The van der Waals surface area contributed by atoms with Gasteiger partial charge in [-0.25, -0.2) is 4.79 Å². The van der Waals surface area contributed by atoms with Crippen molar-refractivity contribution in [3.05, 3.63) is 42.2 Å². The van der Waals surface area contributed by atoms with Gasteiger partial charge in [-0.1, -0.05) is 18.2 Å². The van der Waals surface area contributed by atoms with Crippen LogP contribution in [-0.4, -0.2) is 12.2 Å². The van der Waals surface area contributed by atoms with Crippen LogP contribution in [0.3, 0.4) is 0 Å². The lowest BCUT2D eigenvalue weighted by Gasteiger charge is -2.15. The molecule has 0 aliphatic carbocycles. The molecule has 0 aromatic heterocycles. The molecule has 1 aromatic carbocycles. The summed E-state index contributed by atoms with van der Waals surface area (Å²) in [5.41, 5.74) is 6.85. The van der Waals surface area contributed by atoms with Crippen molar-refractivity contribution in [3.63, 3.8) is 0 Å². The summed E-state index contributed by atoms with van der Waals surface area (Å²) in [6.45, 7) is 0. The molecule has 14 heavy (non-hydrogen) atoms. The number of benzene rings is 1. The molecule has 2 N–H and O–H groups in total. The number of urea groups is 1. The summed E-state index contributed by atoms with van der Waals surface area (Å²) in [5, 5.41) is 0. The van der Waals surface area contributed by atoms with Gasteiger partial charge in [0.1, 0.15) is 0 Å². The maximum Gasteiger partial charge on any atom is 0.323 e. The molecule has 0 saturated heterocycles. The Hall–Kier alpha value is -2.10. The lowest BCUT2D eigenvalue weighted by molar-refractivity contribution is 0.256. The molecular formula is C10H9N3O. The van der Waals surface area contributed by atoms with Gasteiger partial charge in [0, 0.05) is 24.2 Å². The number of carbonyl (C=O) groups is 1. The molecule has 0 unspecified atom stereocenters. The highest BCUT2D eigenvalue weighted by Gasteiger charge is 2.13. The second-order valence-corrected chi connectivity index (χ2v) is 2.84. The molecule has 2 amide bonds. The van der Waals surface area contributed by atoms with Crippen LogP contribution >= 0.6 is 0 Å². The van der Waals surface area contributed by atoms with Crippen LogP contribution < -0.4 is 10.6 Å². The number of hydrogen-bond donors (Lipinski definition) is 1. The first kappa shape index (κ1) is 8.50. The van der Waals surface area contributed by atoms with Crippen molar-refractivity contribution in [3.8, 4) is 0 Å². The van der Waals surface area contributed by atoms with Crippen LogP contribution in [0.25, 0.3) is 0 Å². The molecule has 1 heterocycles. The Balaban J connectivity index is 2.55. The standard InChI is InChI=1S/C10H9N3O/c11-10(14)13-6-5-12-7-8-3-1-2-4-9(8)13/h1-7H,(H2,11,14). The van der Waals surface area contributed by atoms with E-state index in [1.807, 2.05) is 24.3 Å². The summed E-state index contributed by atoms with van der Waals surface area (Å²) < 4.78 is 0. The topological polar surface area (TPSA) is 58.7 Å². The first-order chi connectivity index (χ1) is 6.79. The van der Waals surface area contributed by atoms with Crippen molar-refractivity contribution in [2.75, 3.05) is 4.90 Å². The smallest absolute Gasteiger partial charge is 0.323 e. The zero-order chi connectivity index (χ0) is 9.97. The number of carbonyl (C=O) groups excluding carboxylic acids is 1. The lowest BCUT2D eigenvalue weighted by Crippen LogP contribution is -2.31. The molecule has 0 fully saturated rings. The van der Waals surface area contributed by atoms with Crippen LogP contribution in [0.2, 0.25) is 0 Å². The summed E-state index contributed by atoms with van der Waals surface area (Å²) in [6, 6.07) is 6.92. The van der Waals surface area contributed by atoms with E-state index in [9.17, 15) is 4.79 Å². The second kappa shape index (κ2) is 3.33. The number of para-hydroxylation sites is 1. The van der Waals surface area contributed by atoms with Crippen LogP contribution in [0.4, 0.5) is 10.5 Å². The summed E-state index contributed by atoms with van der Waals surface area (Å²) in [7, 11) is 0. The molecule has 1 aliphatic rings. The molecule has 70 valence electrons. The van der Waals surface area contributed by atoms with Gasteiger partial charge in [-0.2, -0.15) is 0 Å². The summed E-state index contributed by atoms with van der Waals surface area (Å²) in [5.74, 6) is 0. The number of anilines is 1. The molecule has 0 atom stereocenters. The van der Waals surface area contributed by atoms with E-state index in [1.54, 1.807) is 12.4 Å². The van der Waals surface area contributed by atoms with Crippen molar-refractivity contribution < 1.29 is 4.79 Å². The van der Waals surface area contributed by atoms with Crippen molar-refractivity contribution in [1.82, 2.24) is 0 Å². The maximum atomic E-state index is 11.1. The minimum Gasteiger partial charge on any atom is -0.351 e. The fourth-order valence-electron chi connectivity index (χ4n) is 1.32. The van der Waals surface area contributed by atoms with E-state index >= 15 is 0 Å². The maximum absolute atomic E-state index is 11.1. The van der Waals surface area contributed by atoms with Gasteiger partial charge in [0.15, 0.2) is 0 Å². The van der Waals surface area contributed by atoms with Gasteiger partial charge in [-0.05, 0) is 6.07 Å². The number of nitrogens with two attached hydrogens (primary N) is 1. The molecule has 1 aliphatic heterocycles. The fourth-order valence-corrected chi connectivity index (χ4v) is 1.32. The zero-order valence-electron chi connectivity index (χ0n) is 7.42. The van der Waals surface area contributed by atoms with Crippen LogP contribution in [0.5, 0.6) is 0 Å². The SMILES string of the molecule is NC(=O)N1C=CN=Cc2ccccc21. The number of primary amides is 1. The predicted molar refractivity (Wildman–Crippen MR) is 55.2 cm³/mol. The van der Waals surface area contributed by atoms with Crippen molar-refractivity contribution >= 4 is 17.9 Å². The van der Waals surface area contributed by atoms with Gasteiger partial charge < -0.3 is 5.73 Å². The molecule has 0 radical (unpaired) electrons. The van der Waals surface area contributed by atoms with Crippen molar-refractivity contribution in [1.29, 1.82) is 0 Å². The highest BCUT2D eigenvalue weighted by molar-refractivity contribution is 6.00. The summed E-state index contributed by atoms with van der Waals surface area (Å²) >= 11 is 0. The number of aliphatic imine (C=N–C) groups is 1. The number of fused-ring (bicyclic) bond motifs is 1. The minimum absolute atomic E-state index is 0.515. The Morgan fingerprint density at radius 2 is 2.14 bits per heavy atom. The molecule has 2 rings (SSSR count). The van der Waals surface area contributed by atoms with E-state index < -0.39 is 6.03 Å². The average Bonchev–Trinajstić information content (AvgIpc) is 2.39. The molecule has 1 aromatic rings. The van der Waals surface area contributed by atoms with E-state index in [0.29, 0.717) is 0 Å². The van der Waals surface area contributed by atoms with Gasteiger partial charge in [0.2, 0.25) is 0 Å². The lowest BCUT2D eigenvalue weighted by atomic mass is 10.2. The average molecular weight is 187 g/mol. The van der Waals surface area contributed by atoms with Crippen molar-refractivity contribution in [2.24, 2.45) is 10.7 Å². The van der Waals surface area contributed by atoms with E-state index in [2.05, 4.69) is 4.99 Å². The Morgan fingerprint density at radius 1 is 1.36 bits per heavy atom. The zero-order valence-corrected chi connectivity index (χ0v) is 7.42. The molecular weight excluding hydrogens is 178 g/mol. The Kier molecular flexibility index (Phi) is 2.02. The number of rotatable bonds is 0. The Labute approximate surface area is 81.4 Å². The molecule has 0 bridgehead atoms. The van der Waals surface area contributed by atoms with Gasteiger partial charge in [-0.15, -0.1) is 0 Å². The Bertz CT molecular complexity index is 423. The van der Waals surface area contributed by atoms with Crippen molar-refractivity contribution in [2.45, 2.75) is 0 Å². The largest absolute Gasteiger partial charge is 0.351 e. The van der Waals surface area contributed by atoms with E-state index in [-0.39, 0.29) is 0 Å². The second-order valence-electron chi connectivity index (χ2n) is 2.84. The van der Waals surface area contributed by atoms with E-state index in [0.717, 1.165) is 11.3 Å². The monoisotopic (exact) mass is 187 g/mol. The number of amides is 2. The highest BCUT2D eigenvalue weighted by Crippen LogP contribution is 2.20. The first-order valence-electron chi connectivity index (χ1n) is 4.16. The molecule has 4 nitrogen and oxygen atoms in total. The summed E-state index contributed by atoms with van der Waals surface area (Å²) in [6.07, 6.45) is 4.77. The van der Waals surface area contributed by atoms with Crippen LogP contribution in [0, 0.1) is 0 Å². The normalized spacial score (nSPS) is 13.6. The van der Waals surface area contributed by atoms with E-state index in [4.69, 9.17) is 5.73 Å². The Morgan fingerprint density at radius 3 is 2.93 bits per heavy atom. The van der Waals surface area contributed by atoms with Gasteiger partial charge >= 0.3 is 6.03 Å².